The van der Waals surface area contributed by atoms with Gasteiger partial charge in [0.25, 0.3) is 5.91 Å². The third-order valence-corrected chi connectivity index (χ3v) is 5.16. The van der Waals surface area contributed by atoms with Crippen molar-refractivity contribution < 1.29 is 4.79 Å². The number of anilines is 1. The third-order valence-electron chi connectivity index (χ3n) is 4.30. The molecule has 4 rings (SSSR count). The van der Waals surface area contributed by atoms with E-state index < -0.39 is 0 Å². The highest BCUT2D eigenvalue weighted by Crippen LogP contribution is 2.23. The molecule has 0 atom stereocenters. The van der Waals surface area contributed by atoms with Crippen molar-refractivity contribution in [2.75, 3.05) is 31.1 Å². The zero-order valence-corrected chi connectivity index (χ0v) is 14.2. The van der Waals surface area contributed by atoms with E-state index in [1.807, 2.05) is 22.4 Å². The van der Waals surface area contributed by atoms with Crippen LogP contribution in [-0.4, -0.2) is 56.8 Å². The molecule has 4 heterocycles. The van der Waals surface area contributed by atoms with Crippen LogP contribution in [-0.2, 0) is 6.42 Å². The topological polar surface area (TPSA) is 66.6 Å². The number of rotatable bonds is 3. The molecule has 3 aromatic rings. The van der Waals surface area contributed by atoms with Gasteiger partial charge >= 0.3 is 0 Å². The second-order valence-corrected chi connectivity index (χ2v) is 6.68. The molecule has 1 saturated heterocycles. The minimum Gasteiger partial charge on any atom is -0.365 e. The van der Waals surface area contributed by atoms with Crippen molar-refractivity contribution in [3.05, 3.63) is 40.5 Å². The highest BCUT2D eigenvalue weighted by molar-refractivity contribution is 7.12. The summed E-state index contributed by atoms with van der Waals surface area (Å²) >= 11 is 1.50. The van der Waals surface area contributed by atoms with Crippen molar-refractivity contribution in [2.24, 2.45) is 0 Å². The van der Waals surface area contributed by atoms with Gasteiger partial charge in [-0.3, -0.25) is 4.79 Å². The minimum absolute atomic E-state index is 0.126. The number of carbonyl (C=O) groups is 1. The number of aryl methyl sites for hydroxylation is 1. The number of thiophene rings is 1. The molecule has 7 nitrogen and oxygen atoms in total. The van der Waals surface area contributed by atoms with Gasteiger partial charge in [0.2, 0.25) is 5.65 Å². The van der Waals surface area contributed by atoms with E-state index in [1.54, 1.807) is 10.8 Å². The van der Waals surface area contributed by atoms with Gasteiger partial charge in [0.15, 0.2) is 0 Å². The molecule has 0 aliphatic carbocycles. The Morgan fingerprint density at radius 2 is 2.12 bits per heavy atom. The molecular formula is C16H18N6OS. The standard InChI is InChI=1S/C16H18N6OS/c1-2-12-10-13(15-18-17-11-22(15)19-12)20-5-7-21(8-6-20)16(23)14-4-3-9-24-14/h3-4,9-11H,2,5-8H2,1H3. The smallest absolute Gasteiger partial charge is 0.264 e. The molecular weight excluding hydrogens is 324 g/mol. The van der Waals surface area contributed by atoms with Crippen molar-refractivity contribution in [1.29, 1.82) is 0 Å². The molecule has 24 heavy (non-hydrogen) atoms. The van der Waals surface area contributed by atoms with E-state index in [4.69, 9.17) is 0 Å². The van der Waals surface area contributed by atoms with Crippen molar-refractivity contribution in [2.45, 2.75) is 13.3 Å². The van der Waals surface area contributed by atoms with Crippen molar-refractivity contribution in [1.82, 2.24) is 24.7 Å². The predicted octanol–water partition coefficient (Wildman–Crippen LogP) is 1.71. The first kappa shape index (κ1) is 15.1. The van der Waals surface area contributed by atoms with Crippen LogP contribution < -0.4 is 4.90 Å². The summed E-state index contributed by atoms with van der Waals surface area (Å²) in [5.41, 5.74) is 2.82. The minimum atomic E-state index is 0.126. The van der Waals surface area contributed by atoms with Crippen molar-refractivity contribution >= 4 is 28.6 Å². The van der Waals surface area contributed by atoms with Gasteiger partial charge in [-0.1, -0.05) is 13.0 Å². The summed E-state index contributed by atoms with van der Waals surface area (Å²) in [5.74, 6) is 0.126. The van der Waals surface area contributed by atoms with Crippen molar-refractivity contribution in [3.8, 4) is 0 Å². The van der Waals surface area contributed by atoms with Crippen LogP contribution in [0.1, 0.15) is 22.3 Å². The lowest BCUT2D eigenvalue weighted by molar-refractivity contribution is 0.0751. The van der Waals surface area contributed by atoms with Crippen molar-refractivity contribution in [3.63, 3.8) is 0 Å². The quantitative estimate of drug-likeness (QED) is 0.725. The predicted molar refractivity (Wildman–Crippen MR) is 92.6 cm³/mol. The first-order valence-electron chi connectivity index (χ1n) is 8.04. The fraction of sp³-hybridized carbons (Fsp3) is 0.375. The van der Waals surface area contributed by atoms with E-state index in [9.17, 15) is 4.79 Å². The average Bonchev–Trinajstić information content (AvgIpc) is 3.31. The van der Waals surface area contributed by atoms with Crippen LogP contribution in [0.5, 0.6) is 0 Å². The van der Waals surface area contributed by atoms with E-state index in [0.717, 1.165) is 41.4 Å². The number of hydrogen-bond donors (Lipinski definition) is 0. The van der Waals surface area contributed by atoms with Crippen LogP contribution in [0.4, 0.5) is 5.69 Å². The number of aromatic nitrogens is 4. The zero-order valence-electron chi connectivity index (χ0n) is 13.4. The molecule has 0 bridgehead atoms. The second-order valence-electron chi connectivity index (χ2n) is 5.73. The van der Waals surface area contributed by atoms with Gasteiger partial charge in [-0.15, -0.1) is 21.5 Å². The van der Waals surface area contributed by atoms with Gasteiger partial charge in [0, 0.05) is 26.2 Å². The summed E-state index contributed by atoms with van der Waals surface area (Å²) in [6, 6.07) is 5.88. The van der Waals surface area contributed by atoms with Gasteiger partial charge < -0.3 is 9.80 Å². The van der Waals surface area contributed by atoms with Gasteiger partial charge in [-0.05, 0) is 23.9 Å². The van der Waals surface area contributed by atoms with Gasteiger partial charge in [-0.25, -0.2) is 0 Å². The van der Waals surface area contributed by atoms with Gasteiger partial charge in [0.05, 0.1) is 16.3 Å². The first-order valence-corrected chi connectivity index (χ1v) is 8.92. The van der Waals surface area contributed by atoms with E-state index in [-0.39, 0.29) is 5.91 Å². The lowest BCUT2D eigenvalue weighted by Gasteiger charge is -2.35. The number of hydrogen-bond acceptors (Lipinski definition) is 6. The molecule has 124 valence electrons. The SMILES string of the molecule is CCc1cc(N2CCN(C(=O)c3cccs3)CC2)c2nncn2n1. The number of fused-ring (bicyclic) bond motifs is 1. The summed E-state index contributed by atoms with van der Waals surface area (Å²) in [5, 5.41) is 14.6. The molecule has 0 spiro atoms. The van der Waals surface area contributed by atoms with Crippen LogP contribution >= 0.6 is 11.3 Å². The number of carbonyl (C=O) groups excluding carboxylic acids is 1. The summed E-state index contributed by atoms with van der Waals surface area (Å²) in [4.78, 5) is 17.5. The number of amides is 1. The summed E-state index contributed by atoms with van der Waals surface area (Å²) < 4.78 is 1.73. The molecule has 1 aliphatic heterocycles. The lowest BCUT2D eigenvalue weighted by atomic mass is 10.2. The van der Waals surface area contributed by atoms with E-state index in [1.165, 1.54) is 11.3 Å². The normalized spacial score (nSPS) is 15.2. The maximum atomic E-state index is 12.5. The fourth-order valence-corrected chi connectivity index (χ4v) is 3.66. The molecule has 1 amide bonds. The van der Waals surface area contributed by atoms with Crippen LogP contribution in [0.3, 0.4) is 0 Å². The fourth-order valence-electron chi connectivity index (χ4n) is 2.97. The summed E-state index contributed by atoms with van der Waals surface area (Å²) in [6.07, 6.45) is 2.49. The monoisotopic (exact) mass is 342 g/mol. The van der Waals surface area contributed by atoms with Crippen LogP contribution in [0.2, 0.25) is 0 Å². The Kier molecular flexibility index (Phi) is 3.89. The summed E-state index contributed by atoms with van der Waals surface area (Å²) in [7, 11) is 0. The largest absolute Gasteiger partial charge is 0.365 e. The molecule has 0 aromatic carbocycles. The average molecular weight is 342 g/mol. The molecule has 0 radical (unpaired) electrons. The number of nitrogens with zero attached hydrogens (tertiary/aromatic N) is 6. The molecule has 3 aromatic heterocycles. The Labute approximate surface area is 143 Å². The molecule has 0 N–H and O–H groups in total. The third kappa shape index (κ3) is 2.62. The van der Waals surface area contributed by atoms with Gasteiger partial charge in [-0.2, -0.15) is 9.61 Å². The van der Waals surface area contributed by atoms with E-state index in [2.05, 4.69) is 33.2 Å². The van der Waals surface area contributed by atoms with E-state index >= 15 is 0 Å². The molecule has 0 unspecified atom stereocenters. The highest BCUT2D eigenvalue weighted by atomic mass is 32.1. The number of piperazine rings is 1. The molecule has 8 heteroatoms. The Balaban J connectivity index is 1.54. The maximum absolute atomic E-state index is 12.5. The molecule has 0 saturated carbocycles. The Hall–Kier alpha value is -2.48. The molecule has 1 fully saturated rings. The Morgan fingerprint density at radius 1 is 1.29 bits per heavy atom. The zero-order chi connectivity index (χ0) is 16.5. The van der Waals surface area contributed by atoms with E-state index in [0.29, 0.717) is 13.1 Å². The second kappa shape index (κ2) is 6.20. The van der Waals surface area contributed by atoms with Gasteiger partial charge in [0.1, 0.15) is 6.33 Å². The molecule has 1 aliphatic rings. The maximum Gasteiger partial charge on any atom is 0.264 e. The van der Waals surface area contributed by atoms with Crippen LogP contribution in [0.25, 0.3) is 5.65 Å². The van der Waals surface area contributed by atoms with Crippen LogP contribution in [0.15, 0.2) is 29.9 Å². The Bertz CT molecular complexity index is 851. The highest BCUT2D eigenvalue weighted by Gasteiger charge is 2.24. The lowest BCUT2D eigenvalue weighted by Crippen LogP contribution is -2.48. The summed E-state index contributed by atoms with van der Waals surface area (Å²) in [6.45, 7) is 5.07. The van der Waals surface area contributed by atoms with Crippen LogP contribution in [0, 0.1) is 0 Å². The Morgan fingerprint density at radius 3 is 2.83 bits per heavy atom. The first-order chi connectivity index (χ1) is 11.8.